The molecule has 4 nitrogen and oxygen atoms in total. The zero-order valence-electron chi connectivity index (χ0n) is 15.8. The lowest BCUT2D eigenvalue weighted by Gasteiger charge is -2.45. The summed E-state index contributed by atoms with van der Waals surface area (Å²) in [5.41, 5.74) is 1.36. The Balaban J connectivity index is 1.99. The fourth-order valence-electron chi connectivity index (χ4n) is 3.35. The highest BCUT2D eigenvalue weighted by atomic mass is 32.2. The van der Waals surface area contributed by atoms with Crippen molar-refractivity contribution in [2.24, 2.45) is 5.92 Å². The average Bonchev–Trinajstić information content (AvgIpc) is 2.62. The Hall–Kier alpha value is -1.69. The molecule has 140 valence electrons. The van der Waals surface area contributed by atoms with Crippen LogP contribution in [0.3, 0.4) is 0 Å². The van der Waals surface area contributed by atoms with Gasteiger partial charge in [-0.3, -0.25) is 0 Å². The number of hydrogen-bond donors (Lipinski definition) is 0. The van der Waals surface area contributed by atoms with E-state index in [1.54, 1.807) is 16.4 Å². The molecule has 1 heterocycles. The maximum absolute atomic E-state index is 13.3. The maximum Gasteiger partial charge on any atom is 0.243 e. The monoisotopic (exact) mass is 373 g/mol. The van der Waals surface area contributed by atoms with Crippen molar-refractivity contribution >= 4 is 10.0 Å². The van der Waals surface area contributed by atoms with Crippen molar-refractivity contribution < 1.29 is 13.2 Å². The minimum Gasteiger partial charge on any atom is -0.364 e. The van der Waals surface area contributed by atoms with Crippen LogP contribution < -0.4 is 0 Å². The van der Waals surface area contributed by atoms with E-state index in [2.05, 4.69) is 13.8 Å². The summed E-state index contributed by atoms with van der Waals surface area (Å²) in [6, 6.07) is 16.9. The van der Waals surface area contributed by atoms with Crippen LogP contribution in [0.5, 0.6) is 0 Å². The van der Waals surface area contributed by atoms with Crippen molar-refractivity contribution in [2.45, 2.75) is 44.3 Å². The number of sulfonamides is 1. The molecule has 0 aliphatic carbocycles. The predicted octanol–water partition coefficient (Wildman–Crippen LogP) is 3.96. The molecular formula is C21H27NO3S. The molecule has 0 aromatic heterocycles. The van der Waals surface area contributed by atoms with Crippen molar-refractivity contribution in [3.63, 3.8) is 0 Å². The van der Waals surface area contributed by atoms with Crippen LogP contribution in [0.15, 0.2) is 59.5 Å². The number of ether oxygens (including phenoxy) is 1. The molecule has 2 atom stereocenters. The Morgan fingerprint density at radius 3 is 2.27 bits per heavy atom. The quantitative estimate of drug-likeness (QED) is 0.815. The molecule has 26 heavy (non-hydrogen) atoms. The summed E-state index contributed by atoms with van der Waals surface area (Å²) in [5.74, 6) is 0.217. The minimum atomic E-state index is -3.57. The number of nitrogens with zero attached hydrogens (tertiary/aromatic N) is 1. The van der Waals surface area contributed by atoms with Gasteiger partial charge in [0.25, 0.3) is 0 Å². The third-order valence-corrected chi connectivity index (χ3v) is 6.89. The van der Waals surface area contributed by atoms with Crippen molar-refractivity contribution in [3.8, 4) is 0 Å². The summed E-state index contributed by atoms with van der Waals surface area (Å²) in [6.07, 6.45) is -0.158. The largest absolute Gasteiger partial charge is 0.364 e. The van der Waals surface area contributed by atoms with Crippen LogP contribution in [-0.2, 0) is 20.4 Å². The first-order valence-corrected chi connectivity index (χ1v) is 10.5. The summed E-state index contributed by atoms with van der Waals surface area (Å²) in [4.78, 5) is 0.336. The summed E-state index contributed by atoms with van der Waals surface area (Å²) in [7, 11) is -3.57. The highest BCUT2D eigenvalue weighted by Crippen LogP contribution is 2.36. The highest BCUT2D eigenvalue weighted by Gasteiger charge is 2.43. The third kappa shape index (κ3) is 3.70. The molecule has 0 N–H and O–H groups in total. The fourth-order valence-corrected chi connectivity index (χ4v) is 4.89. The first-order chi connectivity index (χ1) is 12.2. The van der Waals surface area contributed by atoms with Crippen LogP contribution in [0.25, 0.3) is 0 Å². The van der Waals surface area contributed by atoms with Gasteiger partial charge in [0.05, 0.1) is 11.0 Å². The molecule has 0 radical (unpaired) electrons. The van der Waals surface area contributed by atoms with Gasteiger partial charge in [0.15, 0.2) is 0 Å². The number of benzene rings is 2. The van der Waals surface area contributed by atoms with E-state index in [1.165, 1.54) is 0 Å². The molecule has 0 bridgehead atoms. The van der Waals surface area contributed by atoms with Gasteiger partial charge in [-0.15, -0.1) is 0 Å². The Labute approximate surface area is 156 Å². The first-order valence-electron chi connectivity index (χ1n) is 9.02. The van der Waals surface area contributed by atoms with Crippen LogP contribution in [0.2, 0.25) is 0 Å². The molecule has 1 aliphatic heterocycles. The standard InChI is InChI=1S/C21H27NO3S/c1-16(2)20-14-22(26(23,24)19-12-10-17(3)11-13-19)15-21(4,25-20)18-8-6-5-7-9-18/h5-13,16,20H,14-15H2,1-4H3/t20-,21-/m1/s1. The summed E-state index contributed by atoms with van der Waals surface area (Å²) in [6.45, 7) is 8.74. The normalized spacial score (nSPS) is 24.7. The smallest absolute Gasteiger partial charge is 0.243 e. The van der Waals surface area contributed by atoms with E-state index in [1.807, 2.05) is 56.3 Å². The molecule has 2 aromatic carbocycles. The SMILES string of the molecule is Cc1ccc(S(=O)(=O)N2C[C@H](C(C)C)O[C@@](C)(c3ccccc3)C2)cc1. The van der Waals surface area contributed by atoms with Gasteiger partial charge in [0.1, 0.15) is 5.60 Å². The van der Waals surface area contributed by atoms with E-state index in [0.717, 1.165) is 11.1 Å². The van der Waals surface area contributed by atoms with E-state index in [-0.39, 0.29) is 12.0 Å². The van der Waals surface area contributed by atoms with Crippen molar-refractivity contribution in [2.75, 3.05) is 13.1 Å². The van der Waals surface area contributed by atoms with Gasteiger partial charge in [0.2, 0.25) is 10.0 Å². The zero-order valence-corrected chi connectivity index (χ0v) is 16.7. The maximum atomic E-state index is 13.3. The van der Waals surface area contributed by atoms with E-state index in [0.29, 0.717) is 18.0 Å². The van der Waals surface area contributed by atoms with Crippen LogP contribution in [0.4, 0.5) is 0 Å². The number of hydrogen-bond acceptors (Lipinski definition) is 3. The molecule has 0 spiro atoms. The molecule has 0 unspecified atom stereocenters. The van der Waals surface area contributed by atoms with Gasteiger partial charge in [-0.25, -0.2) is 8.42 Å². The lowest BCUT2D eigenvalue weighted by atomic mass is 9.92. The van der Waals surface area contributed by atoms with Gasteiger partial charge < -0.3 is 4.74 Å². The Kier molecular flexibility index (Phi) is 5.24. The fraction of sp³-hybridized carbons (Fsp3) is 0.429. The Bertz CT molecular complexity index is 847. The molecule has 5 heteroatoms. The van der Waals surface area contributed by atoms with Gasteiger partial charge in [-0.05, 0) is 37.5 Å². The van der Waals surface area contributed by atoms with Crippen molar-refractivity contribution in [1.29, 1.82) is 0 Å². The van der Waals surface area contributed by atoms with Gasteiger partial charge in [0, 0.05) is 13.1 Å². The molecule has 0 amide bonds. The second-order valence-corrected chi connectivity index (χ2v) is 9.55. The van der Waals surface area contributed by atoms with Crippen LogP contribution >= 0.6 is 0 Å². The highest BCUT2D eigenvalue weighted by molar-refractivity contribution is 7.89. The van der Waals surface area contributed by atoms with E-state index in [9.17, 15) is 8.42 Å². The van der Waals surface area contributed by atoms with Crippen LogP contribution in [0.1, 0.15) is 31.9 Å². The summed E-state index contributed by atoms with van der Waals surface area (Å²) in [5, 5.41) is 0. The third-order valence-electron chi connectivity index (χ3n) is 5.06. The van der Waals surface area contributed by atoms with Crippen molar-refractivity contribution in [1.82, 2.24) is 4.31 Å². The van der Waals surface area contributed by atoms with E-state index >= 15 is 0 Å². The minimum absolute atomic E-state index is 0.158. The lowest BCUT2D eigenvalue weighted by Crippen LogP contribution is -2.55. The molecule has 1 fully saturated rings. The second kappa shape index (κ2) is 7.14. The van der Waals surface area contributed by atoms with Gasteiger partial charge >= 0.3 is 0 Å². The number of rotatable bonds is 4. The molecule has 1 saturated heterocycles. The summed E-state index contributed by atoms with van der Waals surface area (Å²) >= 11 is 0. The Morgan fingerprint density at radius 1 is 1.08 bits per heavy atom. The predicted molar refractivity (Wildman–Crippen MR) is 103 cm³/mol. The molecule has 2 aromatic rings. The average molecular weight is 374 g/mol. The molecule has 1 aliphatic rings. The number of morpholine rings is 1. The number of aryl methyl sites for hydroxylation is 1. The lowest BCUT2D eigenvalue weighted by molar-refractivity contribution is -0.148. The molecule has 3 rings (SSSR count). The molecular weight excluding hydrogens is 346 g/mol. The van der Waals surface area contributed by atoms with Crippen LogP contribution in [0, 0.1) is 12.8 Å². The Morgan fingerprint density at radius 2 is 1.69 bits per heavy atom. The van der Waals surface area contributed by atoms with Crippen LogP contribution in [-0.4, -0.2) is 31.9 Å². The van der Waals surface area contributed by atoms with E-state index < -0.39 is 15.6 Å². The van der Waals surface area contributed by atoms with Crippen molar-refractivity contribution in [3.05, 3.63) is 65.7 Å². The topological polar surface area (TPSA) is 46.6 Å². The first kappa shape index (κ1) is 19.1. The van der Waals surface area contributed by atoms with Gasteiger partial charge in [-0.1, -0.05) is 61.9 Å². The summed E-state index contributed by atoms with van der Waals surface area (Å²) < 4.78 is 34.5. The second-order valence-electron chi connectivity index (χ2n) is 7.61. The molecule has 0 saturated carbocycles. The van der Waals surface area contributed by atoms with E-state index in [4.69, 9.17) is 4.74 Å². The zero-order chi connectivity index (χ0) is 18.9. The van der Waals surface area contributed by atoms with Gasteiger partial charge in [-0.2, -0.15) is 4.31 Å².